The van der Waals surface area contributed by atoms with Crippen LogP contribution < -0.4 is 20.2 Å². The van der Waals surface area contributed by atoms with Crippen LogP contribution in [0.4, 0.5) is 10.1 Å². The van der Waals surface area contributed by atoms with E-state index in [4.69, 9.17) is 14.3 Å². The number of hydroxylamine groups is 2. The fraction of sp³-hybridized carbons (Fsp3) is 0.500. The summed E-state index contributed by atoms with van der Waals surface area (Å²) in [5, 5.41) is 8.21. The Kier molecular flexibility index (Phi) is 7.56. The molecule has 0 saturated carbocycles. The quantitative estimate of drug-likeness (QED) is 0.617. The zero-order valence-corrected chi connectivity index (χ0v) is 17.1. The second-order valence-corrected chi connectivity index (χ2v) is 6.97. The van der Waals surface area contributed by atoms with E-state index in [0.717, 1.165) is 26.2 Å². The van der Waals surface area contributed by atoms with Gasteiger partial charge in [0.15, 0.2) is 11.6 Å². The van der Waals surface area contributed by atoms with E-state index in [1.54, 1.807) is 19.1 Å². The standard InChI is InChI=1S/C20H28FN5O3/c1-14(2)27-11-8-23-16-4-5-18(17(21)12-16)28-19-15(3)20(25-13-24-19)29-26-9-6-22-7-10-26/h4-5,12-14,22-23H,6-11H2,1-3H3. The van der Waals surface area contributed by atoms with Crippen molar-refractivity contribution >= 4 is 5.69 Å². The van der Waals surface area contributed by atoms with Gasteiger partial charge in [0.1, 0.15) is 6.33 Å². The SMILES string of the molecule is Cc1c(Oc2ccc(NCCOC(C)C)cc2F)ncnc1ON1CCNCC1. The lowest BCUT2D eigenvalue weighted by atomic mass is 10.3. The van der Waals surface area contributed by atoms with Crippen LogP contribution in [-0.4, -0.2) is 60.5 Å². The molecule has 1 fully saturated rings. The van der Waals surface area contributed by atoms with Gasteiger partial charge in [-0.3, -0.25) is 0 Å². The molecular formula is C20H28FN5O3. The molecule has 8 nitrogen and oxygen atoms in total. The summed E-state index contributed by atoms with van der Waals surface area (Å²) in [5.74, 6) is 0.266. The molecule has 29 heavy (non-hydrogen) atoms. The molecule has 0 amide bonds. The topological polar surface area (TPSA) is 80.8 Å². The lowest BCUT2D eigenvalue weighted by Crippen LogP contribution is -2.45. The number of nitrogens with zero attached hydrogens (tertiary/aromatic N) is 3. The molecule has 2 N–H and O–H groups in total. The molecule has 0 aliphatic carbocycles. The van der Waals surface area contributed by atoms with Crippen LogP contribution in [0.5, 0.6) is 17.5 Å². The Morgan fingerprint density at radius 1 is 1.21 bits per heavy atom. The predicted molar refractivity (Wildman–Crippen MR) is 108 cm³/mol. The second-order valence-electron chi connectivity index (χ2n) is 6.97. The van der Waals surface area contributed by atoms with Crippen LogP contribution in [0.15, 0.2) is 24.5 Å². The predicted octanol–water partition coefficient (Wildman–Crippen LogP) is 2.75. The van der Waals surface area contributed by atoms with Crippen LogP contribution in [0.2, 0.25) is 0 Å². The van der Waals surface area contributed by atoms with E-state index in [9.17, 15) is 4.39 Å². The monoisotopic (exact) mass is 405 g/mol. The minimum Gasteiger partial charge on any atom is -0.435 e. The molecule has 0 spiro atoms. The molecule has 3 rings (SSSR count). The summed E-state index contributed by atoms with van der Waals surface area (Å²) in [4.78, 5) is 14.1. The smallest absolute Gasteiger partial charge is 0.247 e. The van der Waals surface area contributed by atoms with Gasteiger partial charge in [-0.25, -0.2) is 9.37 Å². The molecule has 0 radical (unpaired) electrons. The first-order valence-electron chi connectivity index (χ1n) is 9.81. The van der Waals surface area contributed by atoms with E-state index >= 15 is 0 Å². The fourth-order valence-electron chi connectivity index (χ4n) is 2.76. The molecule has 1 aliphatic heterocycles. The van der Waals surface area contributed by atoms with Crippen LogP contribution in [0, 0.1) is 12.7 Å². The Morgan fingerprint density at radius 3 is 2.69 bits per heavy atom. The Balaban J connectivity index is 1.62. The summed E-state index contributed by atoms with van der Waals surface area (Å²) in [6, 6.07) is 4.71. The molecule has 9 heteroatoms. The Morgan fingerprint density at radius 2 is 1.97 bits per heavy atom. The van der Waals surface area contributed by atoms with E-state index in [0.29, 0.717) is 30.3 Å². The van der Waals surface area contributed by atoms with E-state index in [2.05, 4.69) is 20.6 Å². The number of anilines is 1. The van der Waals surface area contributed by atoms with Crippen LogP contribution in [0.25, 0.3) is 0 Å². The van der Waals surface area contributed by atoms with Gasteiger partial charge in [0.2, 0.25) is 11.8 Å². The highest BCUT2D eigenvalue weighted by atomic mass is 19.1. The van der Waals surface area contributed by atoms with Crippen molar-refractivity contribution in [3.63, 3.8) is 0 Å². The average Bonchev–Trinajstić information content (AvgIpc) is 2.71. The van der Waals surface area contributed by atoms with Crippen molar-refractivity contribution in [2.24, 2.45) is 0 Å². The molecule has 1 aliphatic rings. The number of hydrogen-bond acceptors (Lipinski definition) is 8. The van der Waals surface area contributed by atoms with Gasteiger partial charge in [-0.05, 0) is 32.9 Å². The van der Waals surface area contributed by atoms with E-state index in [1.807, 2.05) is 18.9 Å². The Bertz CT molecular complexity index is 800. The largest absolute Gasteiger partial charge is 0.435 e. The molecule has 1 saturated heterocycles. The maximum absolute atomic E-state index is 14.5. The van der Waals surface area contributed by atoms with Crippen LogP contribution in [-0.2, 0) is 4.74 Å². The maximum Gasteiger partial charge on any atom is 0.247 e. The summed E-state index contributed by atoms with van der Waals surface area (Å²) >= 11 is 0. The third kappa shape index (κ3) is 6.25. The third-order valence-electron chi connectivity index (χ3n) is 4.30. The number of rotatable bonds is 9. The maximum atomic E-state index is 14.5. The van der Waals surface area contributed by atoms with Crippen molar-refractivity contribution < 1.29 is 18.7 Å². The normalized spacial score (nSPS) is 14.8. The lowest BCUT2D eigenvalue weighted by Gasteiger charge is -2.26. The highest BCUT2D eigenvalue weighted by molar-refractivity contribution is 5.48. The Hall–Kier alpha value is -2.49. The zero-order valence-electron chi connectivity index (χ0n) is 17.1. The zero-order chi connectivity index (χ0) is 20.6. The highest BCUT2D eigenvalue weighted by Gasteiger charge is 2.17. The van der Waals surface area contributed by atoms with Gasteiger partial charge in [-0.15, -0.1) is 5.06 Å². The van der Waals surface area contributed by atoms with E-state index in [-0.39, 0.29) is 17.7 Å². The number of hydrogen-bond donors (Lipinski definition) is 2. The number of ether oxygens (including phenoxy) is 2. The molecule has 0 unspecified atom stereocenters. The van der Waals surface area contributed by atoms with Crippen LogP contribution in [0.3, 0.4) is 0 Å². The number of halogens is 1. The van der Waals surface area contributed by atoms with Crippen molar-refractivity contribution in [1.29, 1.82) is 0 Å². The molecule has 1 aromatic heterocycles. The molecule has 0 atom stereocenters. The summed E-state index contributed by atoms with van der Waals surface area (Å²) in [6.07, 6.45) is 1.52. The van der Waals surface area contributed by atoms with Gasteiger partial charge < -0.3 is 24.9 Å². The molecule has 1 aromatic carbocycles. The summed E-state index contributed by atoms with van der Waals surface area (Å²) in [7, 11) is 0. The first-order chi connectivity index (χ1) is 14.0. The molecule has 2 aromatic rings. The van der Waals surface area contributed by atoms with Crippen molar-refractivity contribution in [2.45, 2.75) is 26.9 Å². The van der Waals surface area contributed by atoms with Crippen molar-refractivity contribution in [1.82, 2.24) is 20.3 Å². The summed E-state index contributed by atoms with van der Waals surface area (Å²) in [5.41, 5.74) is 1.27. The number of piperazine rings is 1. The minimum absolute atomic E-state index is 0.0869. The Labute approximate surface area is 170 Å². The van der Waals surface area contributed by atoms with Crippen LogP contribution in [0.1, 0.15) is 19.4 Å². The van der Waals surface area contributed by atoms with Gasteiger partial charge in [-0.2, -0.15) is 4.98 Å². The lowest BCUT2D eigenvalue weighted by molar-refractivity contribution is -0.0712. The number of aromatic nitrogens is 2. The van der Waals surface area contributed by atoms with Crippen LogP contribution >= 0.6 is 0 Å². The van der Waals surface area contributed by atoms with Gasteiger partial charge in [0, 0.05) is 44.5 Å². The first-order valence-corrected chi connectivity index (χ1v) is 9.81. The fourth-order valence-corrected chi connectivity index (χ4v) is 2.76. The van der Waals surface area contributed by atoms with Gasteiger partial charge in [0.25, 0.3) is 0 Å². The summed E-state index contributed by atoms with van der Waals surface area (Å²) < 4.78 is 25.6. The molecular weight excluding hydrogens is 377 g/mol. The van der Waals surface area contributed by atoms with Gasteiger partial charge in [-0.1, -0.05) is 0 Å². The van der Waals surface area contributed by atoms with Crippen molar-refractivity contribution in [2.75, 3.05) is 44.6 Å². The van der Waals surface area contributed by atoms with Gasteiger partial charge in [0.05, 0.1) is 18.3 Å². The average molecular weight is 405 g/mol. The van der Waals surface area contributed by atoms with Crippen molar-refractivity contribution in [3.8, 4) is 17.5 Å². The minimum atomic E-state index is -0.484. The first kappa shape index (κ1) is 21.2. The molecule has 158 valence electrons. The number of nitrogens with one attached hydrogen (secondary N) is 2. The van der Waals surface area contributed by atoms with Crippen molar-refractivity contribution in [3.05, 3.63) is 35.9 Å². The third-order valence-corrected chi connectivity index (χ3v) is 4.30. The second kappa shape index (κ2) is 10.3. The summed E-state index contributed by atoms with van der Waals surface area (Å²) in [6.45, 7) is 10.1. The van der Waals surface area contributed by atoms with E-state index < -0.39 is 5.82 Å². The van der Waals surface area contributed by atoms with Gasteiger partial charge >= 0.3 is 0 Å². The van der Waals surface area contributed by atoms with E-state index in [1.165, 1.54) is 12.4 Å². The highest BCUT2D eigenvalue weighted by Crippen LogP contribution is 2.30. The molecule has 2 heterocycles. The number of benzene rings is 1. The molecule has 0 bridgehead atoms.